The predicted molar refractivity (Wildman–Crippen MR) is 95.2 cm³/mol. The maximum Gasteiger partial charge on any atom is 0.338 e. The molecule has 1 saturated heterocycles. The van der Waals surface area contributed by atoms with Gasteiger partial charge in [0.1, 0.15) is 6.61 Å². The van der Waals surface area contributed by atoms with E-state index in [-0.39, 0.29) is 5.97 Å². The topological polar surface area (TPSA) is 41.6 Å². The number of ether oxygens (including phenoxy) is 1. The zero-order valence-corrected chi connectivity index (χ0v) is 14.8. The van der Waals surface area contributed by atoms with Crippen LogP contribution in [0, 0.1) is 5.41 Å². The first kappa shape index (κ1) is 15.9. The van der Waals surface area contributed by atoms with Gasteiger partial charge in [-0.25, -0.2) is 4.79 Å². The second kappa shape index (κ2) is 6.07. The molecule has 0 spiro atoms. The van der Waals surface area contributed by atoms with Crippen molar-refractivity contribution < 1.29 is 9.53 Å². The lowest BCUT2D eigenvalue weighted by Crippen LogP contribution is -2.50. The van der Waals surface area contributed by atoms with E-state index in [2.05, 4.69) is 30.1 Å². The third-order valence-electron chi connectivity index (χ3n) is 5.91. The molecule has 1 aromatic carbocycles. The van der Waals surface area contributed by atoms with E-state index in [1.54, 1.807) is 0 Å². The van der Waals surface area contributed by atoms with Crippen molar-refractivity contribution >= 4 is 11.7 Å². The summed E-state index contributed by atoms with van der Waals surface area (Å²) in [5, 5.41) is 3.75. The second-order valence-electron chi connectivity index (χ2n) is 8.44. The van der Waals surface area contributed by atoms with Crippen molar-refractivity contribution in [2.45, 2.75) is 64.6 Å². The molecule has 24 heavy (non-hydrogen) atoms. The SMILES string of the molecule is CC1(C)CCCN(C2CCCC2Nc2ccc3c(c2)COC3=O)C1. The molecular weight excluding hydrogens is 300 g/mol. The van der Waals surface area contributed by atoms with E-state index >= 15 is 0 Å². The molecule has 2 atom stereocenters. The summed E-state index contributed by atoms with van der Waals surface area (Å²) in [6.07, 6.45) is 6.47. The fourth-order valence-corrected chi connectivity index (χ4v) is 4.73. The number of anilines is 1. The highest BCUT2D eigenvalue weighted by Crippen LogP contribution is 2.35. The molecule has 4 rings (SSSR count). The van der Waals surface area contributed by atoms with Crippen molar-refractivity contribution in [2.75, 3.05) is 18.4 Å². The first-order valence-corrected chi connectivity index (χ1v) is 9.32. The molecular formula is C20H28N2O2. The molecule has 1 aliphatic carbocycles. The summed E-state index contributed by atoms with van der Waals surface area (Å²) in [5.74, 6) is -0.189. The van der Waals surface area contributed by atoms with Crippen LogP contribution in [0.15, 0.2) is 18.2 Å². The van der Waals surface area contributed by atoms with Gasteiger partial charge in [-0.15, -0.1) is 0 Å². The molecule has 1 saturated carbocycles. The standard InChI is InChI=1S/C20H28N2O2/c1-20(2)9-4-10-22(13-20)18-6-3-5-17(18)21-15-7-8-16-14(11-15)12-24-19(16)23/h7-8,11,17-18,21H,3-6,9-10,12-13H2,1-2H3. The van der Waals surface area contributed by atoms with Crippen molar-refractivity contribution in [3.63, 3.8) is 0 Å². The number of hydrogen-bond acceptors (Lipinski definition) is 4. The number of nitrogens with one attached hydrogen (secondary N) is 1. The number of esters is 1. The van der Waals surface area contributed by atoms with Crippen LogP contribution in [0.5, 0.6) is 0 Å². The van der Waals surface area contributed by atoms with Crippen molar-refractivity contribution in [2.24, 2.45) is 5.41 Å². The third kappa shape index (κ3) is 3.04. The third-order valence-corrected chi connectivity index (χ3v) is 5.91. The Balaban J connectivity index is 1.47. The van der Waals surface area contributed by atoms with Crippen molar-refractivity contribution in [3.05, 3.63) is 29.3 Å². The Bertz CT molecular complexity index is 641. The van der Waals surface area contributed by atoms with Gasteiger partial charge in [-0.2, -0.15) is 0 Å². The van der Waals surface area contributed by atoms with Gasteiger partial charge in [0.2, 0.25) is 0 Å². The highest BCUT2D eigenvalue weighted by Gasteiger charge is 2.37. The van der Waals surface area contributed by atoms with Crippen molar-refractivity contribution in [1.82, 2.24) is 4.90 Å². The Kier molecular flexibility index (Phi) is 4.03. The average molecular weight is 328 g/mol. The summed E-state index contributed by atoms with van der Waals surface area (Å²) >= 11 is 0. The predicted octanol–water partition coefficient (Wildman–Crippen LogP) is 3.81. The summed E-state index contributed by atoms with van der Waals surface area (Å²) in [7, 11) is 0. The molecule has 4 nitrogen and oxygen atoms in total. The van der Waals surface area contributed by atoms with Gasteiger partial charge in [0.25, 0.3) is 0 Å². The van der Waals surface area contributed by atoms with Crippen LogP contribution in [0.2, 0.25) is 0 Å². The van der Waals surface area contributed by atoms with E-state index in [4.69, 9.17) is 4.74 Å². The monoisotopic (exact) mass is 328 g/mol. The van der Waals surface area contributed by atoms with Gasteiger partial charge in [0.05, 0.1) is 5.56 Å². The highest BCUT2D eigenvalue weighted by molar-refractivity contribution is 5.93. The molecule has 130 valence electrons. The Morgan fingerprint density at radius 3 is 2.96 bits per heavy atom. The molecule has 4 heteroatoms. The van der Waals surface area contributed by atoms with Gasteiger partial charge in [0, 0.05) is 29.9 Å². The van der Waals surface area contributed by atoms with Crippen LogP contribution in [-0.2, 0) is 11.3 Å². The Morgan fingerprint density at radius 1 is 1.25 bits per heavy atom. The summed E-state index contributed by atoms with van der Waals surface area (Å²) in [5.41, 5.74) is 3.30. The van der Waals surface area contributed by atoms with Gasteiger partial charge in [0.15, 0.2) is 0 Å². The number of fused-ring (bicyclic) bond motifs is 1. The summed E-state index contributed by atoms with van der Waals surface area (Å²) < 4.78 is 5.11. The number of hydrogen-bond donors (Lipinski definition) is 1. The first-order valence-electron chi connectivity index (χ1n) is 9.32. The lowest BCUT2D eigenvalue weighted by atomic mass is 9.83. The van der Waals surface area contributed by atoms with E-state index in [9.17, 15) is 4.79 Å². The maximum atomic E-state index is 11.6. The van der Waals surface area contributed by atoms with Crippen LogP contribution in [0.3, 0.4) is 0 Å². The molecule has 3 aliphatic rings. The molecule has 1 aromatic rings. The summed E-state index contributed by atoms with van der Waals surface area (Å²) in [6.45, 7) is 7.65. The summed E-state index contributed by atoms with van der Waals surface area (Å²) in [4.78, 5) is 14.3. The molecule has 2 unspecified atom stereocenters. The number of benzene rings is 1. The molecule has 2 fully saturated rings. The zero-order valence-electron chi connectivity index (χ0n) is 14.8. The fourth-order valence-electron chi connectivity index (χ4n) is 4.73. The van der Waals surface area contributed by atoms with Gasteiger partial charge in [-0.3, -0.25) is 4.90 Å². The minimum Gasteiger partial charge on any atom is -0.457 e. The van der Waals surface area contributed by atoms with Crippen LogP contribution in [0.4, 0.5) is 5.69 Å². The number of rotatable bonds is 3. The van der Waals surface area contributed by atoms with Crippen molar-refractivity contribution in [3.8, 4) is 0 Å². The van der Waals surface area contributed by atoms with Gasteiger partial charge < -0.3 is 10.1 Å². The van der Waals surface area contributed by atoms with E-state index in [0.29, 0.717) is 24.1 Å². The molecule has 0 radical (unpaired) electrons. The smallest absolute Gasteiger partial charge is 0.338 e. The highest BCUT2D eigenvalue weighted by atomic mass is 16.5. The minimum absolute atomic E-state index is 0.189. The van der Waals surface area contributed by atoms with Crippen LogP contribution in [-0.4, -0.2) is 36.0 Å². The lowest BCUT2D eigenvalue weighted by Gasteiger charge is -2.43. The van der Waals surface area contributed by atoms with E-state index < -0.39 is 0 Å². The number of carbonyl (C=O) groups excluding carboxylic acids is 1. The molecule has 0 aromatic heterocycles. The Morgan fingerprint density at radius 2 is 2.12 bits per heavy atom. The first-order chi connectivity index (χ1) is 11.5. The quantitative estimate of drug-likeness (QED) is 0.857. The maximum absolute atomic E-state index is 11.6. The summed E-state index contributed by atoms with van der Waals surface area (Å²) in [6, 6.07) is 7.17. The van der Waals surface area contributed by atoms with Crippen LogP contribution in [0.1, 0.15) is 61.9 Å². The van der Waals surface area contributed by atoms with Crippen LogP contribution >= 0.6 is 0 Å². The fraction of sp³-hybridized carbons (Fsp3) is 0.650. The van der Waals surface area contributed by atoms with E-state index in [0.717, 1.165) is 16.8 Å². The second-order valence-corrected chi connectivity index (χ2v) is 8.44. The minimum atomic E-state index is -0.189. The largest absolute Gasteiger partial charge is 0.457 e. The zero-order chi connectivity index (χ0) is 16.7. The molecule has 0 amide bonds. The Labute approximate surface area is 144 Å². The van der Waals surface area contributed by atoms with Gasteiger partial charge in [-0.1, -0.05) is 13.8 Å². The Hall–Kier alpha value is -1.55. The van der Waals surface area contributed by atoms with Gasteiger partial charge >= 0.3 is 5.97 Å². The van der Waals surface area contributed by atoms with Crippen LogP contribution < -0.4 is 5.32 Å². The normalized spacial score (nSPS) is 29.3. The molecule has 2 aliphatic heterocycles. The van der Waals surface area contributed by atoms with Crippen molar-refractivity contribution in [1.29, 1.82) is 0 Å². The molecule has 1 N–H and O–H groups in total. The number of likely N-dealkylation sites (tertiary alicyclic amines) is 1. The van der Waals surface area contributed by atoms with Crippen LogP contribution in [0.25, 0.3) is 0 Å². The lowest BCUT2D eigenvalue weighted by molar-refractivity contribution is 0.0535. The number of cyclic esters (lactones) is 1. The number of piperidine rings is 1. The number of carbonyl (C=O) groups is 1. The average Bonchev–Trinajstić information content (AvgIpc) is 3.14. The number of nitrogens with zero attached hydrogens (tertiary/aromatic N) is 1. The molecule has 0 bridgehead atoms. The van der Waals surface area contributed by atoms with Gasteiger partial charge in [-0.05, 0) is 62.3 Å². The van der Waals surface area contributed by atoms with E-state index in [1.807, 2.05) is 12.1 Å². The van der Waals surface area contributed by atoms with E-state index in [1.165, 1.54) is 45.2 Å². The molecule has 2 heterocycles.